The second-order valence-electron chi connectivity index (χ2n) is 5.87. The molecule has 1 rings (SSSR count). The van der Waals surface area contributed by atoms with Crippen molar-refractivity contribution in [2.45, 2.75) is 52.9 Å². The molecule has 0 spiro atoms. The van der Waals surface area contributed by atoms with Gasteiger partial charge in [-0.1, -0.05) is 40.0 Å². The van der Waals surface area contributed by atoms with Gasteiger partial charge < -0.3 is 0 Å². The molecule has 0 aromatic heterocycles. The zero-order valence-corrected chi connectivity index (χ0v) is 12.0. The summed E-state index contributed by atoms with van der Waals surface area (Å²) >= 11 is 0. The molecule has 19 heavy (non-hydrogen) atoms. The van der Waals surface area contributed by atoms with Gasteiger partial charge in [-0.25, -0.2) is 4.79 Å². The van der Waals surface area contributed by atoms with Gasteiger partial charge in [-0.3, -0.25) is 20.2 Å². The molecule has 5 nitrogen and oxygen atoms in total. The van der Waals surface area contributed by atoms with E-state index in [0.717, 1.165) is 12.8 Å². The molecule has 4 amide bonds. The number of urea groups is 1. The number of carbonyl (C=O) groups is 3. The van der Waals surface area contributed by atoms with Crippen molar-refractivity contribution in [3.05, 3.63) is 0 Å². The average Bonchev–Trinajstić information content (AvgIpc) is 2.26. The number of barbiturate groups is 1. The molecule has 0 aromatic carbocycles. The summed E-state index contributed by atoms with van der Waals surface area (Å²) in [6, 6.07) is -0.712. The number of carbonyl (C=O) groups excluding carboxylic acids is 3. The van der Waals surface area contributed by atoms with E-state index in [1.54, 1.807) is 0 Å². The third kappa shape index (κ3) is 5.41. The molecule has 0 aliphatic carbocycles. The Balaban J connectivity index is 2.29. The minimum absolute atomic E-state index is 0.469. The topological polar surface area (TPSA) is 75.3 Å². The fraction of sp³-hybridized carbons (Fsp3) is 0.786. The Hall–Kier alpha value is -1.39. The van der Waals surface area contributed by atoms with Crippen LogP contribution in [0.25, 0.3) is 0 Å². The zero-order chi connectivity index (χ0) is 14.4. The predicted molar refractivity (Wildman–Crippen MR) is 72.3 cm³/mol. The molecule has 0 unspecified atom stereocenters. The molecule has 1 fully saturated rings. The van der Waals surface area contributed by atoms with Crippen LogP contribution in [-0.4, -0.2) is 17.8 Å². The predicted octanol–water partition coefficient (Wildman–Crippen LogP) is 2.21. The monoisotopic (exact) mass is 268 g/mol. The van der Waals surface area contributed by atoms with Crippen molar-refractivity contribution in [1.29, 1.82) is 0 Å². The number of hydrogen-bond acceptors (Lipinski definition) is 3. The smallest absolute Gasteiger partial charge is 0.277 e. The molecule has 2 N–H and O–H groups in total. The summed E-state index contributed by atoms with van der Waals surface area (Å²) in [5.74, 6) is -0.443. The first-order valence-corrected chi connectivity index (χ1v) is 7.05. The quantitative estimate of drug-likeness (QED) is 0.695. The van der Waals surface area contributed by atoms with Gasteiger partial charge in [0.1, 0.15) is 5.92 Å². The third-order valence-corrected chi connectivity index (χ3v) is 3.53. The molecule has 0 radical (unpaired) electrons. The third-order valence-electron chi connectivity index (χ3n) is 3.53. The molecule has 5 heteroatoms. The standard InChI is InChI=1S/C14H24N2O3/c1-9(2)5-4-6-10(3)7-8-11-12(17)15-14(19)16-13(11)18/h9-11H,4-8H2,1-3H3,(H2,15,16,17,18,19)/t10-/m0/s1. The van der Waals surface area contributed by atoms with Gasteiger partial charge in [-0.2, -0.15) is 0 Å². The highest BCUT2D eigenvalue weighted by atomic mass is 16.2. The lowest BCUT2D eigenvalue weighted by Gasteiger charge is -2.21. The molecule has 108 valence electrons. The lowest BCUT2D eigenvalue weighted by Crippen LogP contribution is -2.55. The molecular formula is C14H24N2O3. The molecular weight excluding hydrogens is 244 g/mol. The number of nitrogens with one attached hydrogen (secondary N) is 2. The van der Waals surface area contributed by atoms with Crippen LogP contribution >= 0.6 is 0 Å². The second-order valence-corrected chi connectivity index (χ2v) is 5.87. The Labute approximate surface area is 114 Å². The highest BCUT2D eigenvalue weighted by Crippen LogP contribution is 2.20. The fourth-order valence-corrected chi connectivity index (χ4v) is 2.28. The summed E-state index contributed by atoms with van der Waals surface area (Å²) in [6.07, 6.45) is 4.85. The molecule has 0 aromatic rings. The summed E-state index contributed by atoms with van der Waals surface area (Å²) in [7, 11) is 0. The van der Waals surface area contributed by atoms with Crippen LogP contribution in [-0.2, 0) is 9.59 Å². The average molecular weight is 268 g/mol. The van der Waals surface area contributed by atoms with E-state index in [-0.39, 0.29) is 0 Å². The van der Waals surface area contributed by atoms with Crippen molar-refractivity contribution < 1.29 is 14.4 Å². The highest BCUT2D eigenvalue weighted by molar-refractivity contribution is 6.16. The number of amides is 4. The van der Waals surface area contributed by atoms with Gasteiger partial charge in [0.15, 0.2) is 0 Å². The summed E-state index contributed by atoms with van der Waals surface area (Å²) in [5.41, 5.74) is 0. The second kappa shape index (κ2) is 7.26. The van der Waals surface area contributed by atoms with E-state index < -0.39 is 23.8 Å². The van der Waals surface area contributed by atoms with Crippen LogP contribution in [0.4, 0.5) is 4.79 Å². The van der Waals surface area contributed by atoms with Crippen molar-refractivity contribution in [1.82, 2.24) is 10.6 Å². The van der Waals surface area contributed by atoms with E-state index >= 15 is 0 Å². The zero-order valence-electron chi connectivity index (χ0n) is 12.0. The molecule has 1 atom stereocenters. The summed E-state index contributed by atoms with van der Waals surface area (Å²) in [5, 5.41) is 4.26. The SMILES string of the molecule is CC(C)CCC[C@H](C)CCC1C(=O)NC(=O)NC1=O. The van der Waals surface area contributed by atoms with Crippen LogP contribution in [0.3, 0.4) is 0 Å². The van der Waals surface area contributed by atoms with Gasteiger partial charge in [-0.05, 0) is 24.7 Å². The van der Waals surface area contributed by atoms with E-state index in [0.29, 0.717) is 18.3 Å². The van der Waals surface area contributed by atoms with Crippen LogP contribution in [0.1, 0.15) is 52.9 Å². The minimum atomic E-state index is -0.717. The molecule has 0 saturated carbocycles. The molecule has 0 bridgehead atoms. The largest absolute Gasteiger partial charge is 0.328 e. The maximum atomic E-state index is 11.5. The van der Waals surface area contributed by atoms with Gasteiger partial charge in [0.05, 0.1) is 0 Å². The lowest BCUT2D eigenvalue weighted by molar-refractivity contribution is -0.136. The van der Waals surface area contributed by atoms with E-state index in [4.69, 9.17) is 0 Å². The van der Waals surface area contributed by atoms with Gasteiger partial charge in [-0.15, -0.1) is 0 Å². The molecule has 1 aliphatic heterocycles. The van der Waals surface area contributed by atoms with E-state index in [2.05, 4.69) is 31.4 Å². The van der Waals surface area contributed by atoms with Crippen molar-refractivity contribution in [3.8, 4) is 0 Å². The summed E-state index contributed by atoms with van der Waals surface area (Å²) < 4.78 is 0. The number of rotatable bonds is 7. The number of hydrogen-bond donors (Lipinski definition) is 2. The minimum Gasteiger partial charge on any atom is -0.277 e. The van der Waals surface area contributed by atoms with E-state index in [9.17, 15) is 14.4 Å². The van der Waals surface area contributed by atoms with Crippen LogP contribution in [0.5, 0.6) is 0 Å². The van der Waals surface area contributed by atoms with Crippen molar-refractivity contribution >= 4 is 17.8 Å². The van der Waals surface area contributed by atoms with Crippen molar-refractivity contribution in [2.24, 2.45) is 17.8 Å². The van der Waals surface area contributed by atoms with Crippen molar-refractivity contribution in [3.63, 3.8) is 0 Å². The molecule has 1 aliphatic rings. The van der Waals surface area contributed by atoms with Crippen LogP contribution < -0.4 is 10.6 Å². The van der Waals surface area contributed by atoms with Crippen molar-refractivity contribution in [2.75, 3.05) is 0 Å². The Morgan fingerprint density at radius 3 is 2.05 bits per heavy atom. The normalized spacial score (nSPS) is 18.4. The summed E-state index contributed by atoms with van der Waals surface area (Å²) in [6.45, 7) is 6.56. The van der Waals surface area contributed by atoms with E-state index in [1.165, 1.54) is 12.8 Å². The molecule has 1 saturated heterocycles. The first-order valence-electron chi connectivity index (χ1n) is 7.05. The maximum Gasteiger partial charge on any atom is 0.328 e. The Morgan fingerprint density at radius 2 is 1.53 bits per heavy atom. The van der Waals surface area contributed by atoms with Crippen LogP contribution in [0.2, 0.25) is 0 Å². The Bertz CT molecular complexity index is 333. The van der Waals surface area contributed by atoms with Gasteiger partial charge in [0, 0.05) is 0 Å². The lowest BCUT2D eigenvalue weighted by atomic mass is 9.91. The molecule has 1 heterocycles. The van der Waals surface area contributed by atoms with Crippen LogP contribution in [0.15, 0.2) is 0 Å². The fourth-order valence-electron chi connectivity index (χ4n) is 2.28. The summed E-state index contributed by atoms with van der Waals surface area (Å²) in [4.78, 5) is 34.0. The Morgan fingerprint density at radius 1 is 0.947 bits per heavy atom. The Kier molecular flexibility index (Phi) is 5.99. The first kappa shape index (κ1) is 15.7. The van der Waals surface area contributed by atoms with Crippen LogP contribution in [0, 0.1) is 17.8 Å². The number of imide groups is 2. The van der Waals surface area contributed by atoms with Gasteiger partial charge >= 0.3 is 6.03 Å². The van der Waals surface area contributed by atoms with E-state index in [1.807, 2.05) is 0 Å². The first-order chi connectivity index (χ1) is 8.90. The van der Waals surface area contributed by atoms with Gasteiger partial charge in [0.2, 0.25) is 11.8 Å². The van der Waals surface area contributed by atoms with Gasteiger partial charge in [0.25, 0.3) is 0 Å². The highest BCUT2D eigenvalue weighted by Gasteiger charge is 2.33. The maximum absolute atomic E-state index is 11.5.